The predicted molar refractivity (Wildman–Crippen MR) is 77.2 cm³/mol. The van der Waals surface area contributed by atoms with Crippen LogP contribution < -0.4 is 15.2 Å². The first-order valence-corrected chi connectivity index (χ1v) is 7.72. The molecule has 8 heteroatoms. The Balaban J connectivity index is 2.38. The van der Waals surface area contributed by atoms with Crippen LogP contribution in [0.2, 0.25) is 0 Å². The quantitative estimate of drug-likeness (QED) is 0.840. The third-order valence-corrected chi connectivity index (χ3v) is 5.27. The molecule has 2 aromatic rings. The summed E-state index contributed by atoms with van der Waals surface area (Å²) >= 11 is 0.893. The van der Waals surface area contributed by atoms with Gasteiger partial charge in [0, 0.05) is 5.69 Å². The molecule has 3 N–H and O–H groups in total. The number of anilines is 2. The molecule has 0 spiro atoms. The third kappa shape index (κ3) is 2.84. The summed E-state index contributed by atoms with van der Waals surface area (Å²) in [5, 5.41) is 8.73. The lowest BCUT2D eigenvalue weighted by Gasteiger charge is -2.11. The van der Waals surface area contributed by atoms with Gasteiger partial charge in [0.1, 0.15) is 20.9 Å². The van der Waals surface area contributed by atoms with Crippen LogP contribution in [-0.4, -0.2) is 15.5 Å². The molecule has 2 rings (SSSR count). The molecule has 0 atom stereocenters. The number of hydrogen-bond acceptors (Lipinski definition) is 6. The Labute approximate surface area is 120 Å². The zero-order chi connectivity index (χ0) is 14.8. The second-order valence-corrected chi connectivity index (χ2v) is 6.79. The first-order valence-electron chi connectivity index (χ1n) is 5.42. The van der Waals surface area contributed by atoms with Gasteiger partial charge in [-0.05, 0) is 30.3 Å². The number of benzene rings is 1. The van der Waals surface area contributed by atoms with E-state index in [9.17, 15) is 8.42 Å². The van der Waals surface area contributed by atoms with Crippen LogP contribution >= 0.6 is 11.3 Å². The van der Waals surface area contributed by atoms with Crippen molar-refractivity contribution in [1.82, 2.24) is 0 Å². The number of nitrogens with one attached hydrogen (secondary N) is 1. The second kappa shape index (κ2) is 5.40. The molecule has 0 unspecified atom stereocenters. The Kier molecular flexibility index (Phi) is 3.83. The van der Waals surface area contributed by atoms with Crippen molar-refractivity contribution in [2.75, 3.05) is 17.6 Å². The summed E-state index contributed by atoms with van der Waals surface area (Å²) in [6.07, 6.45) is 0. The van der Waals surface area contributed by atoms with Crippen LogP contribution in [-0.2, 0) is 10.0 Å². The van der Waals surface area contributed by atoms with Crippen molar-refractivity contribution >= 4 is 32.7 Å². The van der Waals surface area contributed by atoms with E-state index in [0.29, 0.717) is 16.3 Å². The van der Waals surface area contributed by atoms with E-state index < -0.39 is 10.0 Å². The highest BCUT2D eigenvalue weighted by Crippen LogP contribution is 2.30. The van der Waals surface area contributed by atoms with Crippen LogP contribution in [0.15, 0.2) is 34.5 Å². The Morgan fingerprint density at radius 3 is 2.70 bits per heavy atom. The lowest BCUT2D eigenvalue weighted by atomic mass is 10.2. The number of methoxy groups -OCH3 is 1. The summed E-state index contributed by atoms with van der Waals surface area (Å²) in [7, 11) is -2.34. The highest BCUT2D eigenvalue weighted by Gasteiger charge is 2.19. The number of nitrogen functional groups attached to an aromatic ring is 1. The summed E-state index contributed by atoms with van der Waals surface area (Å²) in [5.41, 5.74) is 6.29. The first-order chi connectivity index (χ1) is 9.46. The van der Waals surface area contributed by atoms with Gasteiger partial charge in [-0.1, -0.05) is 0 Å². The normalized spacial score (nSPS) is 10.8. The van der Waals surface area contributed by atoms with E-state index in [1.54, 1.807) is 12.1 Å². The minimum atomic E-state index is -3.77. The van der Waals surface area contributed by atoms with Crippen molar-refractivity contribution in [2.45, 2.75) is 4.21 Å². The fraction of sp³-hybridized carbons (Fsp3) is 0.0833. The molecule has 0 radical (unpaired) electrons. The summed E-state index contributed by atoms with van der Waals surface area (Å²) in [5.74, 6) is 0.361. The van der Waals surface area contributed by atoms with Gasteiger partial charge in [-0.2, -0.15) is 5.26 Å². The molecule has 0 fully saturated rings. The Bertz CT molecular complexity index is 775. The van der Waals surface area contributed by atoms with E-state index in [1.165, 1.54) is 25.3 Å². The Hall–Kier alpha value is -2.24. The summed E-state index contributed by atoms with van der Waals surface area (Å²) in [6, 6.07) is 9.38. The predicted octanol–water partition coefficient (Wildman–Crippen LogP) is 2.01. The van der Waals surface area contributed by atoms with E-state index in [1.807, 2.05) is 6.07 Å². The van der Waals surface area contributed by atoms with Crippen LogP contribution in [0, 0.1) is 11.3 Å². The molecular formula is C12H11N3O3S2. The van der Waals surface area contributed by atoms with Crippen molar-refractivity contribution in [2.24, 2.45) is 0 Å². The SMILES string of the molecule is COc1ccc(N)cc1NS(=O)(=O)c1ccc(C#N)s1. The fourth-order valence-electron chi connectivity index (χ4n) is 1.53. The molecule has 0 aliphatic carbocycles. The van der Waals surface area contributed by atoms with Gasteiger partial charge >= 0.3 is 0 Å². The Morgan fingerprint density at radius 2 is 2.10 bits per heavy atom. The lowest BCUT2D eigenvalue weighted by molar-refractivity contribution is 0.417. The average Bonchev–Trinajstić information content (AvgIpc) is 2.88. The minimum Gasteiger partial charge on any atom is -0.495 e. The number of hydrogen-bond donors (Lipinski definition) is 2. The highest BCUT2D eigenvalue weighted by molar-refractivity contribution is 7.94. The minimum absolute atomic E-state index is 0.0542. The molecule has 1 heterocycles. The summed E-state index contributed by atoms with van der Waals surface area (Å²) in [6.45, 7) is 0. The van der Waals surface area contributed by atoms with E-state index in [4.69, 9.17) is 15.7 Å². The van der Waals surface area contributed by atoms with Crippen molar-refractivity contribution < 1.29 is 13.2 Å². The first kappa shape index (κ1) is 14.2. The topological polar surface area (TPSA) is 105 Å². The van der Waals surface area contributed by atoms with Crippen LogP contribution in [0.25, 0.3) is 0 Å². The number of ether oxygens (including phenoxy) is 1. The van der Waals surface area contributed by atoms with Crippen molar-refractivity contribution in [3.63, 3.8) is 0 Å². The summed E-state index contributed by atoms with van der Waals surface area (Å²) in [4.78, 5) is 0.324. The molecule has 104 valence electrons. The van der Waals surface area contributed by atoms with Gasteiger partial charge in [-0.3, -0.25) is 4.72 Å². The molecule has 20 heavy (non-hydrogen) atoms. The van der Waals surface area contributed by atoms with Crippen LogP contribution in [0.4, 0.5) is 11.4 Å². The molecular weight excluding hydrogens is 298 g/mol. The highest BCUT2D eigenvalue weighted by atomic mass is 32.2. The van der Waals surface area contributed by atoms with Gasteiger partial charge in [0.05, 0.1) is 12.8 Å². The molecule has 0 saturated heterocycles. The molecule has 0 amide bonds. The number of nitrogens with zero attached hydrogens (tertiary/aromatic N) is 1. The lowest BCUT2D eigenvalue weighted by Crippen LogP contribution is -2.12. The van der Waals surface area contributed by atoms with E-state index in [-0.39, 0.29) is 9.90 Å². The van der Waals surface area contributed by atoms with E-state index in [2.05, 4.69) is 4.72 Å². The number of sulfonamides is 1. The third-order valence-electron chi connectivity index (χ3n) is 2.42. The fourth-order valence-corrected chi connectivity index (χ4v) is 3.69. The number of thiophene rings is 1. The molecule has 1 aromatic carbocycles. The summed E-state index contributed by atoms with van der Waals surface area (Å²) < 4.78 is 31.9. The van der Waals surface area contributed by atoms with Gasteiger partial charge in [0.2, 0.25) is 0 Å². The van der Waals surface area contributed by atoms with Gasteiger partial charge in [-0.15, -0.1) is 11.3 Å². The maximum Gasteiger partial charge on any atom is 0.271 e. The molecule has 0 aliphatic rings. The largest absolute Gasteiger partial charge is 0.495 e. The van der Waals surface area contributed by atoms with Gasteiger partial charge in [0.25, 0.3) is 10.0 Å². The van der Waals surface area contributed by atoms with E-state index in [0.717, 1.165) is 11.3 Å². The number of nitriles is 1. The molecule has 6 nitrogen and oxygen atoms in total. The number of rotatable bonds is 4. The molecule has 0 saturated carbocycles. The average molecular weight is 309 g/mol. The van der Waals surface area contributed by atoms with Crippen LogP contribution in [0.5, 0.6) is 5.75 Å². The standard InChI is InChI=1S/C12H11N3O3S2/c1-18-11-4-2-8(14)6-10(11)15-20(16,17)12-5-3-9(7-13)19-12/h2-6,15H,14H2,1H3. The van der Waals surface area contributed by atoms with Crippen molar-refractivity contribution in [1.29, 1.82) is 5.26 Å². The maximum absolute atomic E-state index is 12.2. The monoisotopic (exact) mass is 309 g/mol. The van der Waals surface area contributed by atoms with Gasteiger partial charge in [0.15, 0.2) is 0 Å². The van der Waals surface area contributed by atoms with Crippen LogP contribution in [0.1, 0.15) is 4.88 Å². The van der Waals surface area contributed by atoms with Gasteiger partial charge in [-0.25, -0.2) is 8.42 Å². The van der Waals surface area contributed by atoms with Gasteiger partial charge < -0.3 is 10.5 Å². The number of nitrogens with two attached hydrogens (primary N) is 1. The Morgan fingerprint density at radius 1 is 1.35 bits per heavy atom. The molecule has 0 bridgehead atoms. The smallest absolute Gasteiger partial charge is 0.271 e. The van der Waals surface area contributed by atoms with Crippen molar-refractivity contribution in [3.05, 3.63) is 35.2 Å². The van der Waals surface area contributed by atoms with Crippen LogP contribution in [0.3, 0.4) is 0 Å². The zero-order valence-corrected chi connectivity index (χ0v) is 12.1. The second-order valence-electron chi connectivity index (χ2n) is 3.80. The maximum atomic E-state index is 12.2. The zero-order valence-electron chi connectivity index (χ0n) is 10.5. The van der Waals surface area contributed by atoms with Crippen molar-refractivity contribution in [3.8, 4) is 11.8 Å². The molecule has 0 aliphatic heterocycles. The molecule has 1 aromatic heterocycles. The van der Waals surface area contributed by atoms with E-state index >= 15 is 0 Å².